The molecule has 0 aromatic carbocycles. The minimum Gasteiger partial charge on any atom is -0.270 e. The van der Waals surface area contributed by atoms with Crippen LogP contribution in [-0.4, -0.2) is 9.78 Å². The van der Waals surface area contributed by atoms with Crippen LogP contribution in [0.1, 0.15) is 37.6 Å². The molecule has 2 heteroatoms. The van der Waals surface area contributed by atoms with Gasteiger partial charge in [0.05, 0.1) is 5.69 Å². The van der Waals surface area contributed by atoms with Crippen molar-refractivity contribution in [1.29, 1.82) is 0 Å². The van der Waals surface area contributed by atoms with Gasteiger partial charge >= 0.3 is 0 Å². The highest BCUT2D eigenvalue weighted by atomic mass is 15.3. The lowest BCUT2D eigenvalue weighted by Gasteiger charge is -2.02. The van der Waals surface area contributed by atoms with Crippen molar-refractivity contribution in [2.75, 3.05) is 0 Å². The molecule has 0 bridgehead atoms. The lowest BCUT2D eigenvalue weighted by molar-refractivity contribution is 0.540. The topological polar surface area (TPSA) is 17.8 Å². The van der Waals surface area contributed by atoms with Gasteiger partial charge in [0.15, 0.2) is 0 Å². The second-order valence-electron chi connectivity index (χ2n) is 3.36. The van der Waals surface area contributed by atoms with Gasteiger partial charge in [-0.05, 0) is 26.3 Å². The highest BCUT2D eigenvalue weighted by Gasteiger charge is 1.98. The Morgan fingerprint density at radius 3 is 2.58 bits per heavy atom. The van der Waals surface area contributed by atoms with Gasteiger partial charge in [-0.3, -0.25) is 4.68 Å². The number of hydrogen-bond acceptors (Lipinski definition) is 1. The molecule has 0 amide bonds. The first-order chi connectivity index (χ1) is 5.74. The van der Waals surface area contributed by atoms with Crippen molar-refractivity contribution in [3.63, 3.8) is 0 Å². The molecule has 1 heterocycles. The molecule has 0 atom stereocenters. The average Bonchev–Trinajstić information content (AvgIpc) is 2.31. The van der Waals surface area contributed by atoms with Gasteiger partial charge in [0.2, 0.25) is 0 Å². The van der Waals surface area contributed by atoms with Crippen LogP contribution in [0.3, 0.4) is 0 Å². The number of hydrogen-bond donors (Lipinski definition) is 0. The molecule has 0 aliphatic carbocycles. The Balaban J connectivity index is 2.45. The molecular weight excluding hydrogens is 148 g/mol. The van der Waals surface area contributed by atoms with Gasteiger partial charge < -0.3 is 0 Å². The third-order valence-corrected chi connectivity index (χ3v) is 2.08. The van der Waals surface area contributed by atoms with Gasteiger partial charge in [-0.15, -0.1) is 0 Å². The van der Waals surface area contributed by atoms with Gasteiger partial charge in [0, 0.05) is 12.2 Å². The van der Waals surface area contributed by atoms with E-state index in [0.717, 1.165) is 12.2 Å². The molecular formula is C10H18N2. The predicted molar refractivity (Wildman–Crippen MR) is 51.2 cm³/mol. The monoisotopic (exact) mass is 166 g/mol. The van der Waals surface area contributed by atoms with Crippen molar-refractivity contribution in [3.8, 4) is 0 Å². The molecule has 1 aromatic heterocycles. The SMILES string of the molecule is CCCCCn1nc(C)cc1C. The molecule has 0 saturated carbocycles. The first-order valence-corrected chi connectivity index (χ1v) is 4.75. The summed E-state index contributed by atoms with van der Waals surface area (Å²) >= 11 is 0. The van der Waals surface area contributed by atoms with Crippen LogP contribution in [0.5, 0.6) is 0 Å². The lowest BCUT2D eigenvalue weighted by Crippen LogP contribution is -2.02. The van der Waals surface area contributed by atoms with Crippen molar-refractivity contribution >= 4 is 0 Å². The molecule has 1 aromatic rings. The largest absolute Gasteiger partial charge is 0.270 e. The Kier molecular flexibility index (Phi) is 3.32. The van der Waals surface area contributed by atoms with E-state index >= 15 is 0 Å². The van der Waals surface area contributed by atoms with Crippen molar-refractivity contribution in [2.45, 2.75) is 46.6 Å². The Hall–Kier alpha value is -0.790. The van der Waals surface area contributed by atoms with Gasteiger partial charge in [-0.1, -0.05) is 19.8 Å². The minimum atomic E-state index is 1.08. The summed E-state index contributed by atoms with van der Waals surface area (Å²) in [5, 5.41) is 4.40. The van der Waals surface area contributed by atoms with Crippen LogP contribution in [0.2, 0.25) is 0 Å². The Morgan fingerprint density at radius 2 is 2.08 bits per heavy atom. The van der Waals surface area contributed by atoms with E-state index in [4.69, 9.17) is 0 Å². The molecule has 0 N–H and O–H groups in total. The molecule has 0 spiro atoms. The molecule has 0 aliphatic rings. The van der Waals surface area contributed by atoms with Crippen LogP contribution in [0.4, 0.5) is 0 Å². The van der Waals surface area contributed by atoms with Crippen molar-refractivity contribution in [2.24, 2.45) is 0 Å². The van der Waals surface area contributed by atoms with Crippen molar-refractivity contribution < 1.29 is 0 Å². The summed E-state index contributed by atoms with van der Waals surface area (Å²) in [7, 11) is 0. The molecule has 68 valence electrons. The Labute approximate surface area is 74.6 Å². The highest BCUT2D eigenvalue weighted by molar-refractivity contribution is 5.06. The summed E-state index contributed by atoms with van der Waals surface area (Å²) in [5.74, 6) is 0. The van der Waals surface area contributed by atoms with E-state index in [0.29, 0.717) is 0 Å². The molecule has 1 rings (SSSR count). The summed E-state index contributed by atoms with van der Waals surface area (Å²) < 4.78 is 2.10. The van der Waals surface area contributed by atoms with Crippen molar-refractivity contribution in [1.82, 2.24) is 9.78 Å². The van der Waals surface area contributed by atoms with E-state index in [9.17, 15) is 0 Å². The lowest BCUT2D eigenvalue weighted by atomic mass is 10.2. The maximum absolute atomic E-state index is 4.40. The smallest absolute Gasteiger partial charge is 0.0596 e. The quantitative estimate of drug-likeness (QED) is 0.629. The summed E-state index contributed by atoms with van der Waals surface area (Å²) in [6.07, 6.45) is 3.83. The molecule has 0 radical (unpaired) electrons. The molecule has 2 nitrogen and oxygen atoms in total. The predicted octanol–water partition coefficient (Wildman–Crippen LogP) is 2.69. The second-order valence-corrected chi connectivity index (χ2v) is 3.36. The molecule has 0 aliphatic heterocycles. The van der Waals surface area contributed by atoms with E-state index in [-0.39, 0.29) is 0 Å². The summed E-state index contributed by atoms with van der Waals surface area (Å²) in [5.41, 5.74) is 2.41. The maximum atomic E-state index is 4.40. The molecule has 0 fully saturated rings. The molecule has 0 unspecified atom stereocenters. The van der Waals surface area contributed by atoms with Gasteiger partial charge in [0.1, 0.15) is 0 Å². The Morgan fingerprint density at radius 1 is 1.33 bits per heavy atom. The van der Waals surface area contributed by atoms with Crippen LogP contribution in [0.25, 0.3) is 0 Å². The molecule has 12 heavy (non-hydrogen) atoms. The summed E-state index contributed by atoms with van der Waals surface area (Å²) in [6, 6.07) is 2.13. The molecule has 0 saturated heterocycles. The summed E-state index contributed by atoms with van der Waals surface area (Å²) in [6.45, 7) is 7.46. The Bertz CT molecular complexity index is 238. The van der Waals surface area contributed by atoms with E-state index < -0.39 is 0 Å². The van der Waals surface area contributed by atoms with Crippen LogP contribution in [0, 0.1) is 13.8 Å². The number of unbranched alkanes of at least 4 members (excludes halogenated alkanes) is 2. The normalized spacial score (nSPS) is 10.6. The highest BCUT2D eigenvalue weighted by Crippen LogP contribution is 2.04. The number of aromatic nitrogens is 2. The van der Waals surface area contributed by atoms with Crippen LogP contribution in [-0.2, 0) is 6.54 Å². The standard InChI is InChI=1S/C10H18N2/c1-4-5-6-7-12-10(3)8-9(2)11-12/h8H,4-7H2,1-3H3. The third-order valence-electron chi connectivity index (χ3n) is 2.08. The number of rotatable bonds is 4. The van der Waals surface area contributed by atoms with Crippen molar-refractivity contribution in [3.05, 3.63) is 17.5 Å². The number of nitrogens with zero attached hydrogens (tertiary/aromatic N) is 2. The van der Waals surface area contributed by atoms with E-state index in [1.54, 1.807) is 0 Å². The van der Waals surface area contributed by atoms with E-state index in [2.05, 4.69) is 29.7 Å². The third kappa shape index (κ3) is 2.36. The first-order valence-electron chi connectivity index (χ1n) is 4.75. The zero-order chi connectivity index (χ0) is 8.97. The second kappa shape index (κ2) is 4.29. The summed E-state index contributed by atoms with van der Waals surface area (Å²) in [4.78, 5) is 0. The van der Waals surface area contributed by atoms with Crippen LogP contribution < -0.4 is 0 Å². The van der Waals surface area contributed by atoms with Gasteiger partial charge in [-0.2, -0.15) is 5.10 Å². The van der Waals surface area contributed by atoms with Crippen LogP contribution in [0.15, 0.2) is 6.07 Å². The zero-order valence-electron chi connectivity index (χ0n) is 8.30. The zero-order valence-corrected chi connectivity index (χ0v) is 8.30. The fourth-order valence-electron chi connectivity index (χ4n) is 1.41. The van der Waals surface area contributed by atoms with E-state index in [1.165, 1.54) is 25.0 Å². The first kappa shape index (κ1) is 9.30. The number of aryl methyl sites for hydroxylation is 3. The fraction of sp³-hybridized carbons (Fsp3) is 0.700. The van der Waals surface area contributed by atoms with Gasteiger partial charge in [0.25, 0.3) is 0 Å². The average molecular weight is 166 g/mol. The van der Waals surface area contributed by atoms with E-state index in [1.807, 2.05) is 6.92 Å². The maximum Gasteiger partial charge on any atom is 0.0596 e. The minimum absolute atomic E-state index is 1.08. The van der Waals surface area contributed by atoms with Gasteiger partial charge in [-0.25, -0.2) is 0 Å². The fourth-order valence-corrected chi connectivity index (χ4v) is 1.41. The van der Waals surface area contributed by atoms with Crippen LogP contribution >= 0.6 is 0 Å².